The lowest BCUT2D eigenvalue weighted by Crippen LogP contribution is -2.67. The Kier molecular flexibility index (Phi) is 2.66. The van der Waals surface area contributed by atoms with Crippen LogP contribution in [-0.4, -0.2) is 40.6 Å². The van der Waals surface area contributed by atoms with Crippen LogP contribution in [0.5, 0.6) is 0 Å². The molecule has 2 aliphatic heterocycles. The quantitative estimate of drug-likeness (QED) is 0.832. The predicted molar refractivity (Wildman–Crippen MR) is 75.0 cm³/mol. The summed E-state index contributed by atoms with van der Waals surface area (Å²) in [4.78, 5) is 14.3. The molecule has 0 bridgehead atoms. The number of β-amino-alcohol motifs (C(OH)–C–C–N with tert-alkyl or cyclic N) is 1. The number of fused-ring (bicyclic) bond motifs is 1. The number of aliphatic hydroxyl groups is 1. The van der Waals surface area contributed by atoms with Crippen molar-refractivity contribution in [3.05, 3.63) is 35.4 Å². The van der Waals surface area contributed by atoms with Crippen LogP contribution in [0.2, 0.25) is 0 Å². The van der Waals surface area contributed by atoms with Gasteiger partial charge in [0, 0.05) is 6.54 Å². The summed E-state index contributed by atoms with van der Waals surface area (Å²) >= 11 is 0. The minimum atomic E-state index is -0.581. The lowest BCUT2D eigenvalue weighted by atomic mass is 9.87. The number of nitrogens with one attached hydrogen (secondary N) is 1. The topological polar surface area (TPSA) is 52.6 Å². The van der Waals surface area contributed by atoms with Gasteiger partial charge in [-0.2, -0.15) is 0 Å². The van der Waals surface area contributed by atoms with E-state index in [-0.39, 0.29) is 11.9 Å². The molecule has 2 N–H and O–H groups in total. The van der Waals surface area contributed by atoms with Crippen LogP contribution in [0.25, 0.3) is 0 Å². The van der Waals surface area contributed by atoms with Gasteiger partial charge < -0.3 is 15.3 Å². The van der Waals surface area contributed by atoms with Crippen LogP contribution >= 0.6 is 0 Å². The highest BCUT2D eigenvalue weighted by Crippen LogP contribution is 2.44. The van der Waals surface area contributed by atoms with Crippen molar-refractivity contribution in [3.8, 4) is 0 Å². The lowest BCUT2D eigenvalue weighted by Gasteiger charge is -2.48. The largest absolute Gasteiger partial charge is 0.386 e. The van der Waals surface area contributed by atoms with Gasteiger partial charge in [0.05, 0.1) is 19.1 Å². The van der Waals surface area contributed by atoms with E-state index >= 15 is 0 Å². The summed E-state index contributed by atoms with van der Waals surface area (Å²) in [6, 6.07) is 8.15. The molecule has 1 aliphatic carbocycles. The Bertz CT molecular complexity index is 547. The van der Waals surface area contributed by atoms with Gasteiger partial charge in [-0.1, -0.05) is 24.3 Å². The molecule has 1 aromatic carbocycles. The molecular weight excluding hydrogens is 252 g/mol. The van der Waals surface area contributed by atoms with E-state index in [1.807, 2.05) is 17.0 Å². The number of carbonyl (C=O) groups is 1. The molecule has 20 heavy (non-hydrogen) atoms. The molecule has 3 aliphatic rings. The molecule has 1 saturated heterocycles. The number of amides is 1. The van der Waals surface area contributed by atoms with Gasteiger partial charge in [0.15, 0.2) is 0 Å². The van der Waals surface area contributed by atoms with Crippen molar-refractivity contribution in [2.45, 2.75) is 37.5 Å². The van der Waals surface area contributed by atoms with E-state index < -0.39 is 5.60 Å². The Hall–Kier alpha value is -1.39. The number of likely N-dealkylation sites (tertiary alicyclic amines) is 1. The Balaban J connectivity index is 1.41. The van der Waals surface area contributed by atoms with Crippen LogP contribution in [-0.2, 0) is 17.8 Å². The molecule has 1 aromatic rings. The zero-order valence-corrected chi connectivity index (χ0v) is 11.5. The average Bonchev–Trinajstić information content (AvgIpc) is 3.27. The van der Waals surface area contributed by atoms with Crippen molar-refractivity contribution in [3.63, 3.8) is 0 Å². The maximum atomic E-state index is 12.5. The van der Waals surface area contributed by atoms with Crippen molar-refractivity contribution in [2.24, 2.45) is 5.92 Å². The van der Waals surface area contributed by atoms with Gasteiger partial charge in [-0.15, -0.1) is 0 Å². The first-order valence-electron chi connectivity index (χ1n) is 7.47. The zero-order valence-electron chi connectivity index (χ0n) is 11.5. The van der Waals surface area contributed by atoms with Crippen molar-refractivity contribution in [2.75, 3.05) is 13.1 Å². The molecule has 0 unspecified atom stereocenters. The van der Waals surface area contributed by atoms with Gasteiger partial charge in [0.25, 0.3) is 0 Å². The molecule has 106 valence electrons. The highest BCUT2D eigenvalue weighted by molar-refractivity contribution is 5.83. The second kappa shape index (κ2) is 4.30. The molecule has 0 spiro atoms. The smallest absolute Gasteiger partial charge is 0.240 e. The fourth-order valence-corrected chi connectivity index (χ4v) is 3.50. The van der Waals surface area contributed by atoms with Crippen LogP contribution in [0.4, 0.5) is 0 Å². The molecule has 0 radical (unpaired) electrons. The zero-order chi connectivity index (χ0) is 13.7. The summed E-state index contributed by atoms with van der Waals surface area (Å²) in [5, 5.41) is 13.6. The van der Waals surface area contributed by atoms with Gasteiger partial charge in [-0.25, -0.2) is 0 Å². The number of rotatable bonds is 2. The third-order valence-corrected chi connectivity index (χ3v) is 4.96. The van der Waals surface area contributed by atoms with Crippen LogP contribution in [0.3, 0.4) is 0 Å². The van der Waals surface area contributed by atoms with Crippen LogP contribution < -0.4 is 5.32 Å². The lowest BCUT2D eigenvalue weighted by molar-refractivity contribution is -0.161. The van der Waals surface area contributed by atoms with E-state index in [1.165, 1.54) is 11.1 Å². The number of carbonyl (C=O) groups excluding carboxylic acids is 1. The maximum absolute atomic E-state index is 12.5. The normalized spacial score (nSPS) is 27.6. The third-order valence-electron chi connectivity index (χ3n) is 4.96. The fourth-order valence-electron chi connectivity index (χ4n) is 3.50. The van der Waals surface area contributed by atoms with Crippen LogP contribution in [0, 0.1) is 5.92 Å². The summed E-state index contributed by atoms with van der Waals surface area (Å²) in [6.07, 6.45) is 2.99. The van der Waals surface area contributed by atoms with E-state index in [2.05, 4.69) is 17.4 Å². The van der Waals surface area contributed by atoms with Crippen molar-refractivity contribution in [1.29, 1.82) is 0 Å². The maximum Gasteiger partial charge on any atom is 0.240 e. The molecule has 4 heteroatoms. The Morgan fingerprint density at radius 1 is 1.25 bits per heavy atom. The van der Waals surface area contributed by atoms with Crippen molar-refractivity contribution >= 4 is 5.91 Å². The molecule has 1 atom stereocenters. The van der Waals surface area contributed by atoms with E-state index in [0.717, 1.165) is 25.8 Å². The predicted octanol–water partition coefficient (Wildman–Crippen LogP) is 0.684. The molecule has 1 amide bonds. The summed E-state index contributed by atoms with van der Waals surface area (Å²) in [5.41, 5.74) is 1.97. The number of nitrogens with zero attached hydrogens (tertiary/aromatic N) is 1. The van der Waals surface area contributed by atoms with Crippen LogP contribution in [0.15, 0.2) is 24.3 Å². The second-order valence-corrected chi connectivity index (χ2v) is 6.48. The van der Waals surface area contributed by atoms with E-state index in [4.69, 9.17) is 0 Å². The first-order chi connectivity index (χ1) is 9.66. The van der Waals surface area contributed by atoms with Gasteiger partial charge in [-0.3, -0.25) is 4.79 Å². The summed E-state index contributed by atoms with van der Waals surface area (Å²) in [5.74, 6) is 0.580. The SMILES string of the molecule is O=C([C@H]1Cc2ccccc2CN1)N1CC(O)(C2CC2)C1. The number of hydrogen-bond donors (Lipinski definition) is 2. The number of benzene rings is 1. The molecular formula is C16H20N2O2. The summed E-state index contributed by atoms with van der Waals surface area (Å²) in [7, 11) is 0. The molecule has 1 saturated carbocycles. The van der Waals surface area contributed by atoms with Gasteiger partial charge in [0.1, 0.15) is 5.60 Å². The molecule has 2 heterocycles. The Morgan fingerprint density at radius 3 is 2.65 bits per heavy atom. The van der Waals surface area contributed by atoms with Gasteiger partial charge >= 0.3 is 0 Å². The highest BCUT2D eigenvalue weighted by Gasteiger charge is 2.53. The van der Waals surface area contributed by atoms with Crippen LogP contribution in [0.1, 0.15) is 24.0 Å². The van der Waals surface area contributed by atoms with E-state index in [0.29, 0.717) is 19.0 Å². The molecule has 2 fully saturated rings. The van der Waals surface area contributed by atoms with E-state index in [1.54, 1.807) is 0 Å². The third kappa shape index (κ3) is 1.95. The average molecular weight is 272 g/mol. The summed E-state index contributed by atoms with van der Waals surface area (Å²) < 4.78 is 0. The summed E-state index contributed by atoms with van der Waals surface area (Å²) in [6.45, 7) is 1.81. The van der Waals surface area contributed by atoms with Crippen molar-refractivity contribution in [1.82, 2.24) is 10.2 Å². The van der Waals surface area contributed by atoms with Gasteiger partial charge in [-0.05, 0) is 36.3 Å². The van der Waals surface area contributed by atoms with E-state index in [9.17, 15) is 9.90 Å². The highest BCUT2D eigenvalue weighted by atomic mass is 16.3. The van der Waals surface area contributed by atoms with Crippen molar-refractivity contribution < 1.29 is 9.90 Å². The molecule has 4 rings (SSSR count). The minimum absolute atomic E-state index is 0.131. The minimum Gasteiger partial charge on any atom is -0.386 e. The Morgan fingerprint density at radius 2 is 1.95 bits per heavy atom. The Labute approximate surface area is 118 Å². The molecule has 0 aromatic heterocycles. The standard InChI is InChI=1S/C16H20N2O2/c19-15(18-9-16(20,10-18)13-5-6-13)14-7-11-3-1-2-4-12(11)8-17-14/h1-4,13-14,17,20H,5-10H2/t14-/m1/s1. The monoisotopic (exact) mass is 272 g/mol. The fraction of sp³-hybridized carbons (Fsp3) is 0.562. The first-order valence-corrected chi connectivity index (χ1v) is 7.47. The number of hydrogen-bond acceptors (Lipinski definition) is 3. The first kappa shape index (κ1) is 12.4. The second-order valence-electron chi connectivity index (χ2n) is 6.48. The molecule has 4 nitrogen and oxygen atoms in total. The van der Waals surface area contributed by atoms with Gasteiger partial charge in [0.2, 0.25) is 5.91 Å².